The molecule has 0 bridgehead atoms. The molecule has 5 nitrogen and oxygen atoms in total. The minimum absolute atomic E-state index is 0.117. The first-order valence-electron chi connectivity index (χ1n) is 8.00. The lowest BCUT2D eigenvalue weighted by molar-refractivity contribution is 0.0379. The second-order valence-electron chi connectivity index (χ2n) is 7.31. The first-order valence-corrected chi connectivity index (χ1v) is 8.00. The van der Waals surface area contributed by atoms with E-state index in [1.165, 1.54) is 0 Å². The number of rotatable bonds is 5. The summed E-state index contributed by atoms with van der Waals surface area (Å²) < 4.78 is 11.0. The number of aryl methyl sites for hydroxylation is 1. The molecular formula is C17H28N2O3. The van der Waals surface area contributed by atoms with Gasteiger partial charge in [0.05, 0.1) is 11.6 Å². The molecule has 0 aliphatic heterocycles. The zero-order valence-electron chi connectivity index (χ0n) is 14.3. The number of furan rings is 1. The molecule has 124 valence electrons. The molecule has 1 fully saturated rings. The van der Waals surface area contributed by atoms with Crippen molar-refractivity contribution in [1.82, 2.24) is 10.6 Å². The van der Waals surface area contributed by atoms with Gasteiger partial charge in [-0.1, -0.05) is 0 Å². The maximum absolute atomic E-state index is 12.0. The van der Waals surface area contributed by atoms with Gasteiger partial charge in [-0.25, -0.2) is 4.79 Å². The Morgan fingerprint density at radius 2 is 2.09 bits per heavy atom. The van der Waals surface area contributed by atoms with E-state index in [-0.39, 0.29) is 17.7 Å². The number of hydrogen-bond donors (Lipinski definition) is 2. The summed E-state index contributed by atoms with van der Waals surface area (Å²) in [6, 6.07) is 4.07. The third-order valence-corrected chi connectivity index (χ3v) is 4.01. The van der Waals surface area contributed by atoms with Crippen LogP contribution in [0.2, 0.25) is 0 Å². The molecule has 0 radical (unpaired) electrons. The SMILES string of the molecule is Cc1ccc(C(C)NCC2(NC(=O)OC(C)(C)C)CCC2)o1. The summed E-state index contributed by atoms with van der Waals surface area (Å²) in [5.41, 5.74) is -0.667. The van der Waals surface area contributed by atoms with Crippen molar-refractivity contribution in [3.63, 3.8) is 0 Å². The van der Waals surface area contributed by atoms with Gasteiger partial charge in [-0.3, -0.25) is 0 Å². The zero-order chi connectivity index (χ0) is 16.4. The Morgan fingerprint density at radius 1 is 1.41 bits per heavy atom. The topological polar surface area (TPSA) is 63.5 Å². The number of nitrogens with one attached hydrogen (secondary N) is 2. The minimum atomic E-state index is -0.471. The van der Waals surface area contributed by atoms with E-state index in [1.807, 2.05) is 39.8 Å². The van der Waals surface area contributed by atoms with Crippen molar-refractivity contribution in [3.8, 4) is 0 Å². The first-order chi connectivity index (χ1) is 10.2. The molecule has 2 N–H and O–H groups in total. The van der Waals surface area contributed by atoms with Gasteiger partial charge in [0.2, 0.25) is 0 Å². The van der Waals surface area contributed by atoms with Crippen LogP contribution in [0.25, 0.3) is 0 Å². The molecule has 0 spiro atoms. The average Bonchev–Trinajstić information content (AvgIpc) is 2.76. The first kappa shape index (κ1) is 16.9. The van der Waals surface area contributed by atoms with E-state index in [2.05, 4.69) is 17.6 Å². The van der Waals surface area contributed by atoms with E-state index in [0.717, 1.165) is 30.8 Å². The largest absolute Gasteiger partial charge is 0.465 e. The van der Waals surface area contributed by atoms with Crippen LogP contribution < -0.4 is 10.6 Å². The highest BCUT2D eigenvalue weighted by atomic mass is 16.6. The van der Waals surface area contributed by atoms with Crippen LogP contribution in [0.1, 0.15) is 64.5 Å². The number of hydrogen-bond acceptors (Lipinski definition) is 4. The molecule has 2 rings (SSSR count). The molecule has 0 aromatic carbocycles. The Hall–Kier alpha value is -1.49. The lowest BCUT2D eigenvalue weighted by Crippen LogP contribution is -2.60. The fourth-order valence-corrected chi connectivity index (χ4v) is 2.60. The Bertz CT molecular complexity index is 512. The van der Waals surface area contributed by atoms with Crippen LogP contribution in [0.5, 0.6) is 0 Å². The van der Waals surface area contributed by atoms with E-state index in [4.69, 9.17) is 9.15 Å². The highest BCUT2D eigenvalue weighted by molar-refractivity contribution is 5.69. The van der Waals surface area contributed by atoms with Gasteiger partial charge < -0.3 is 19.8 Å². The minimum Gasteiger partial charge on any atom is -0.465 e. The molecule has 1 amide bonds. The number of amides is 1. The maximum Gasteiger partial charge on any atom is 0.408 e. The average molecular weight is 308 g/mol. The normalized spacial score (nSPS) is 18.4. The zero-order valence-corrected chi connectivity index (χ0v) is 14.3. The third kappa shape index (κ3) is 4.50. The highest BCUT2D eigenvalue weighted by Crippen LogP contribution is 2.32. The maximum atomic E-state index is 12.0. The van der Waals surface area contributed by atoms with Gasteiger partial charge in [0.1, 0.15) is 17.1 Å². The van der Waals surface area contributed by atoms with Crippen LogP contribution in [0.15, 0.2) is 16.5 Å². The molecule has 1 saturated carbocycles. The molecule has 5 heteroatoms. The van der Waals surface area contributed by atoms with Gasteiger partial charge in [-0.05, 0) is 66.0 Å². The predicted octanol–water partition coefficient (Wildman–Crippen LogP) is 3.69. The Kier molecular flexibility index (Phi) is 4.85. The van der Waals surface area contributed by atoms with E-state index in [0.29, 0.717) is 6.54 Å². The summed E-state index contributed by atoms with van der Waals surface area (Å²) >= 11 is 0. The van der Waals surface area contributed by atoms with E-state index in [1.54, 1.807) is 0 Å². The van der Waals surface area contributed by atoms with Crippen LogP contribution in [0, 0.1) is 6.92 Å². The van der Waals surface area contributed by atoms with Gasteiger partial charge in [-0.2, -0.15) is 0 Å². The lowest BCUT2D eigenvalue weighted by atomic mass is 9.76. The van der Waals surface area contributed by atoms with E-state index < -0.39 is 5.60 Å². The fraction of sp³-hybridized carbons (Fsp3) is 0.706. The van der Waals surface area contributed by atoms with Crippen LogP contribution >= 0.6 is 0 Å². The molecular weight excluding hydrogens is 280 g/mol. The van der Waals surface area contributed by atoms with Crippen molar-refractivity contribution >= 4 is 6.09 Å². The fourth-order valence-electron chi connectivity index (χ4n) is 2.60. The van der Waals surface area contributed by atoms with Gasteiger partial charge in [-0.15, -0.1) is 0 Å². The van der Waals surface area contributed by atoms with E-state index in [9.17, 15) is 4.79 Å². The summed E-state index contributed by atoms with van der Waals surface area (Å²) in [7, 11) is 0. The smallest absolute Gasteiger partial charge is 0.408 e. The third-order valence-electron chi connectivity index (χ3n) is 4.01. The molecule has 1 atom stereocenters. The summed E-state index contributed by atoms with van der Waals surface area (Å²) in [4.78, 5) is 12.0. The van der Waals surface area contributed by atoms with Crippen LogP contribution in [-0.2, 0) is 4.74 Å². The molecule has 1 aromatic rings. The van der Waals surface area contributed by atoms with Crippen LogP contribution in [0.3, 0.4) is 0 Å². The monoisotopic (exact) mass is 308 g/mol. The number of carbonyl (C=O) groups is 1. The molecule has 22 heavy (non-hydrogen) atoms. The molecule has 1 aliphatic rings. The summed E-state index contributed by atoms with van der Waals surface area (Å²) in [5.74, 6) is 1.83. The second-order valence-corrected chi connectivity index (χ2v) is 7.31. The molecule has 1 unspecified atom stereocenters. The van der Waals surface area contributed by atoms with Crippen molar-refractivity contribution in [2.45, 2.75) is 71.1 Å². The Morgan fingerprint density at radius 3 is 2.55 bits per heavy atom. The van der Waals surface area contributed by atoms with Crippen molar-refractivity contribution in [1.29, 1.82) is 0 Å². The van der Waals surface area contributed by atoms with Crippen molar-refractivity contribution in [2.75, 3.05) is 6.54 Å². The molecule has 0 saturated heterocycles. The predicted molar refractivity (Wildman–Crippen MR) is 85.8 cm³/mol. The standard InChI is InChI=1S/C17H28N2O3/c1-12-7-8-14(21-12)13(2)18-11-17(9-6-10-17)19-15(20)22-16(3,4)5/h7-8,13,18H,6,9-11H2,1-5H3,(H,19,20). The van der Waals surface area contributed by atoms with Crippen molar-refractivity contribution in [2.24, 2.45) is 0 Å². The number of alkyl carbamates (subject to hydrolysis) is 1. The molecule has 1 heterocycles. The quantitative estimate of drug-likeness (QED) is 0.871. The van der Waals surface area contributed by atoms with Crippen LogP contribution in [-0.4, -0.2) is 23.8 Å². The van der Waals surface area contributed by atoms with Crippen molar-refractivity contribution < 1.29 is 13.9 Å². The Balaban J connectivity index is 1.87. The molecule has 1 aliphatic carbocycles. The summed E-state index contributed by atoms with van der Waals surface area (Å²) in [6.45, 7) is 10.3. The van der Waals surface area contributed by atoms with Crippen LogP contribution in [0.4, 0.5) is 4.79 Å². The second kappa shape index (κ2) is 6.32. The number of carbonyl (C=O) groups excluding carboxylic acids is 1. The van der Waals surface area contributed by atoms with Gasteiger partial charge in [0, 0.05) is 6.54 Å². The Labute approximate surface area is 132 Å². The van der Waals surface area contributed by atoms with E-state index >= 15 is 0 Å². The van der Waals surface area contributed by atoms with Gasteiger partial charge in [0.25, 0.3) is 0 Å². The van der Waals surface area contributed by atoms with Crippen molar-refractivity contribution in [3.05, 3.63) is 23.7 Å². The number of ether oxygens (including phenoxy) is 1. The lowest BCUT2D eigenvalue weighted by Gasteiger charge is -2.43. The summed E-state index contributed by atoms with van der Waals surface area (Å²) in [5, 5.41) is 6.50. The highest BCUT2D eigenvalue weighted by Gasteiger charge is 2.39. The summed E-state index contributed by atoms with van der Waals surface area (Å²) in [6.07, 6.45) is 2.74. The van der Waals surface area contributed by atoms with Gasteiger partial charge >= 0.3 is 6.09 Å². The molecule has 1 aromatic heterocycles. The van der Waals surface area contributed by atoms with Gasteiger partial charge in [0.15, 0.2) is 0 Å².